The molecule has 0 saturated heterocycles. The highest BCUT2D eigenvalue weighted by molar-refractivity contribution is 9.19. The smallest absolute Gasteiger partial charge is 0.438 e. The Kier molecular flexibility index (Phi) is 28.5. The molecule has 0 spiro atoms. The van der Waals surface area contributed by atoms with Crippen LogP contribution in [0, 0.1) is 16.7 Å². The van der Waals surface area contributed by atoms with Crippen LogP contribution in [0.2, 0.25) is 0 Å². The average Bonchev–Trinajstić information content (AvgIpc) is 3.02. The second kappa shape index (κ2) is 26.3. The number of hydrogen-bond donors (Lipinski definition) is 0. The van der Waals surface area contributed by atoms with Crippen molar-refractivity contribution in [2.24, 2.45) is 16.7 Å². The fourth-order valence-electron chi connectivity index (χ4n) is 6.35. The van der Waals surface area contributed by atoms with Gasteiger partial charge in [-0.1, -0.05) is 36.8 Å². The molecule has 1 fully saturated rings. The molecule has 6 nitrogen and oxygen atoms in total. The summed E-state index contributed by atoms with van der Waals surface area (Å²) in [5.41, 5.74) is 1.28. The molecule has 2 aliphatic carbocycles. The van der Waals surface area contributed by atoms with E-state index in [4.69, 9.17) is 18.5 Å². The van der Waals surface area contributed by atoms with E-state index in [1.54, 1.807) is 0 Å². The van der Waals surface area contributed by atoms with Crippen LogP contribution in [0.3, 0.4) is 0 Å². The van der Waals surface area contributed by atoms with Gasteiger partial charge < -0.3 is 18.5 Å². The summed E-state index contributed by atoms with van der Waals surface area (Å²) in [6.45, 7) is 9.67. The highest BCUT2D eigenvalue weighted by Gasteiger charge is 2.55. The summed E-state index contributed by atoms with van der Waals surface area (Å²) in [4.78, 5) is 27.6. The number of carbonyl (C=O) groups excluding carboxylic acids is 2. The SMILES string of the molecule is C=CCC[C@H](OC(=O)OC)[C@@]1(C)C[C@@H](OP(P(P)P)P(PP)P(P)P)C2=C(C)[C@@H](OP(P(P)P(P)P)P(P(P)P)P(P)P)CC(CC1=O)C2(C)C. The average molecular weight is 1130 g/mol. The van der Waals surface area contributed by atoms with Crippen molar-refractivity contribution in [1.82, 2.24) is 0 Å². The number of ketones is 1. The summed E-state index contributed by atoms with van der Waals surface area (Å²) in [6, 6.07) is 0. The molecule has 0 aromatic heterocycles. The van der Waals surface area contributed by atoms with E-state index >= 15 is 0 Å². The van der Waals surface area contributed by atoms with Crippen LogP contribution in [0.25, 0.3) is 0 Å². The van der Waals surface area contributed by atoms with Gasteiger partial charge >= 0.3 is 6.16 Å². The molecule has 0 aromatic carbocycles. The van der Waals surface area contributed by atoms with Gasteiger partial charge in [0.1, 0.15) is 11.9 Å². The number of carbonyl (C=O) groups is 2. The summed E-state index contributed by atoms with van der Waals surface area (Å²) >= 11 is 0. The molecule has 29 heteroatoms. The highest BCUT2D eigenvalue weighted by atomic mass is 33.2. The molecule has 2 rings (SSSR count). The van der Waals surface area contributed by atoms with E-state index in [9.17, 15) is 9.59 Å². The van der Waals surface area contributed by atoms with Gasteiger partial charge in [0, 0.05) is 27.4 Å². The molecule has 0 radical (unpaired) electrons. The van der Waals surface area contributed by atoms with Gasteiger partial charge in [-0.3, -0.25) is 4.79 Å². The van der Waals surface area contributed by atoms with Crippen LogP contribution >= 0.6 is 186 Å². The Morgan fingerprint density at radius 2 is 1.49 bits per heavy atom. The van der Waals surface area contributed by atoms with Crippen molar-refractivity contribution in [1.29, 1.82) is 0 Å². The molecule has 2 aliphatic rings. The Balaban J connectivity index is 2.93. The summed E-state index contributed by atoms with van der Waals surface area (Å²) in [7, 11) is 37.6. The molecule has 51 heavy (non-hydrogen) atoms. The van der Waals surface area contributed by atoms with Crippen molar-refractivity contribution < 1.29 is 28.1 Å². The van der Waals surface area contributed by atoms with Gasteiger partial charge in [-0.25, -0.2) is 4.79 Å². The maximum absolute atomic E-state index is 14.9. The summed E-state index contributed by atoms with van der Waals surface area (Å²) in [5.74, 6) is 0.160. The summed E-state index contributed by atoms with van der Waals surface area (Å²) in [5, 5.41) is 0. The van der Waals surface area contributed by atoms with E-state index in [0.29, 0.717) is 33.6 Å². The number of ether oxygens (including phenoxy) is 2. The lowest BCUT2D eigenvalue weighted by atomic mass is 9.56. The van der Waals surface area contributed by atoms with Crippen molar-refractivity contribution in [3.05, 3.63) is 23.8 Å². The van der Waals surface area contributed by atoms with E-state index < -0.39 is 53.7 Å². The molecule has 22 atom stereocenters. The molecule has 1 saturated carbocycles. The third kappa shape index (κ3) is 15.4. The monoisotopic (exact) mass is 1130 g/mol. The molecule has 2 bridgehead atoms. The van der Waals surface area contributed by atoms with Crippen LogP contribution in [0.15, 0.2) is 23.8 Å². The molecule has 0 N–H and O–H groups in total. The molecule has 18 unspecified atom stereocenters. The van der Waals surface area contributed by atoms with E-state index in [2.05, 4.69) is 134 Å². The number of rotatable bonds is 18. The highest BCUT2D eigenvalue weighted by Crippen LogP contribution is 3.18. The third-order valence-corrected chi connectivity index (χ3v) is 127. The number of methoxy groups -OCH3 is 1. The normalized spacial score (nSPS) is 27.4. The van der Waals surface area contributed by atoms with Crippen molar-refractivity contribution in [2.75, 3.05) is 7.11 Å². The Morgan fingerprint density at radius 3 is 1.94 bits per heavy atom. The number of hydrogen-bond acceptors (Lipinski definition) is 6. The zero-order valence-electron chi connectivity index (χ0n) is 29.5. The maximum Gasteiger partial charge on any atom is 0.508 e. The van der Waals surface area contributed by atoms with Gasteiger partial charge in [0.25, 0.3) is 0 Å². The summed E-state index contributed by atoms with van der Waals surface area (Å²) in [6.07, 6.45) is 2.66. The van der Waals surface area contributed by atoms with Crippen molar-refractivity contribution in [3.63, 3.8) is 0 Å². The zero-order valence-corrected chi connectivity index (χ0v) is 53.3. The molecular formula is C22H57O6P23. The number of fused-ring (bicyclic) bond motifs is 2. The Hall–Kier alpha value is 8.23. The first-order valence-corrected chi connectivity index (χ1v) is 55.6. The van der Waals surface area contributed by atoms with Gasteiger partial charge in [0.15, 0.2) is 0 Å². The van der Waals surface area contributed by atoms with E-state index in [1.165, 1.54) is 18.3 Å². The third-order valence-electron chi connectivity index (χ3n) is 8.99. The van der Waals surface area contributed by atoms with Gasteiger partial charge in [-0.05, 0) is 96.9 Å². The van der Waals surface area contributed by atoms with E-state index in [1.807, 2.05) is 13.0 Å². The summed E-state index contributed by atoms with van der Waals surface area (Å²) < 4.78 is 26.1. The Bertz CT molecular complexity index is 1200. The van der Waals surface area contributed by atoms with Crippen LogP contribution < -0.4 is 0 Å². The predicted octanol–water partition coefficient (Wildman–Crippen LogP) is 17.7. The minimum atomic E-state index is -0.979. The van der Waals surface area contributed by atoms with E-state index in [0.717, 1.165) is 6.42 Å². The lowest BCUT2D eigenvalue weighted by Crippen LogP contribution is -2.52. The van der Waals surface area contributed by atoms with Crippen LogP contribution in [-0.2, 0) is 23.3 Å². The molecule has 0 aromatic rings. The molecule has 0 aliphatic heterocycles. The van der Waals surface area contributed by atoms with Crippen molar-refractivity contribution in [2.45, 2.75) is 78.1 Å². The molecule has 0 amide bonds. The Labute approximate surface area is 349 Å². The second-order valence-electron chi connectivity index (χ2n) is 12.5. The quantitative estimate of drug-likeness (QED) is 0.0774. The minimum Gasteiger partial charge on any atom is -0.438 e. The lowest BCUT2D eigenvalue weighted by Gasteiger charge is -2.53. The number of Topliss-reactive ketones (excluding diaryl/α,β-unsaturated/α-hetero) is 1. The van der Waals surface area contributed by atoms with Crippen LogP contribution in [-0.4, -0.2) is 37.4 Å². The fraction of sp³-hybridized carbons (Fsp3) is 0.727. The standard InChI is InChI=1S/C22H57O6P23/c1-7-8-9-18(26-20(24)25-6)22(5)12-16(28-42(44(30)31)50(41-29)46(34)35)19-13(2)15(10-14(11-17(22)23)21(19,3)4)27-43(49(40)45(32)33)51(47(36)37)48(38)39/h7,14-16,18,41H,1,8-12,29-40H2,2-6H3/t14?,15-,16+,18-,22-,42?,43?,49?,50?/m0/s1. The first-order valence-electron chi connectivity index (χ1n) is 15.2. The van der Waals surface area contributed by atoms with Gasteiger partial charge in [0.05, 0.1) is 39.8 Å². The molecular weight excluding hydrogens is 1070 g/mol. The second-order valence-corrected chi connectivity index (χ2v) is 95.8. The zero-order chi connectivity index (χ0) is 39.2. The van der Waals surface area contributed by atoms with Gasteiger partial charge in [0.2, 0.25) is 0 Å². The van der Waals surface area contributed by atoms with Crippen LogP contribution in [0.4, 0.5) is 4.79 Å². The topological polar surface area (TPSA) is 71.1 Å². The van der Waals surface area contributed by atoms with Gasteiger partial charge in [-0.15, -0.1) is 105 Å². The van der Waals surface area contributed by atoms with Gasteiger partial charge in [-0.2, -0.15) is 0 Å². The minimum absolute atomic E-state index is 0.0393. The first kappa shape index (κ1) is 55.4. The van der Waals surface area contributed by atoms with E-state index in [-0.39, 0.29) is 64.3 Å². The van der Waals surface area contributed by atoms with Crippen molar-refractivity contribution in [3.8, 4) is 0 Å². The fourth-order valence-corrected chi connectivity index (χ4v) is 168. The van der Waals surface area contributed by atoms with Crippen molar-refractivity contribution >= 4 is 198 Å². The predicted molar refractivity (Wildman–Crippen MR) is 297 cm³/mol. The molecule has 296 valence electrons. The Morgan fingerprint density at radius 1 is 0.922 bits per heavy atom. The maximum atomic E-state index is 14.9. The van der Waals surface area contributed by atoms with Crippen LogP contribution in [0.5, 0.6) is 0 Å². The number of allylic oxidation sites excluding steroid dienone is 1. The van der Waals surface area contributed by atoms with Crippen LogP contribution in [0.1, 0.15) is 59.8 Å². The lowest BCUT2D eigenvalue weighted by molar-refractivity contribution is -0.142. The largest absolute Gasteiger partial charge is 0.508 e. The first-order chi connectivity index (χ1) is 23.6. The molecule has 0 heterocycles.